The fourth-order valence-electron chi connectivity index (χ4n) is 3.58. The second-order valence-corrected chi connectivity index (χ2v) is 6.37. The number of aromatic nitrogens is 1. The molecule has 0 aliphatic heterocycles. The third-order valence-electron chi connectivity index (χ3n) is 4.78. The zero-order valence-electron chi connectivity index (χ0n) is 14.1. The lowest BCUT2D eigenvalue weighted by atomic mass is 10.0. The van der Waals surface area contributed by atoms with Crippen molar-refractivity contribution < 1.29 is 14.8 Å². The summed E-state index contributed by atoms with van der Waals surface area (Å²) >= 11 is 0. The Morgan fingerprint density at radius 2 is 1.85 bits per heavy atom. The second kappa shape index (κ2) is 6.03. The van der Waals surface area contributed by atoms with E-state index in [4.69, 9.17) is 5.73 Å². The summed E-state index contributed by atoms with van der Waals surface area (Å²) in [7, 11) is 0. The number of benzene rings is 2. The SMILES string of the molecule is NCCCn1c2c(c3ccc([N+](=O)[O-])cc3c1=O)C(=O)c1cc(O)ccc1-2. The molecule has 0 saturated heterocycles. The Bertz CT molecular complexity index is 1200. The van der Waals surface area contributed by atoms with E-state index in [9.17, 15) is 24.8 Å². The van der Waals surface area contributed by atoms with Crippen molar-refractivity contribution in [3.8, 4) is 17.0 Å². The number of phenolic OH excluding ortho intramolecular Hbond substituents is 1. The fourth-order valence-corrected chi connectivity index (χ4v) is 3.58. The van der Waals surface area contributed by atoms with Crippen LogP contribution in [0.1, 0.15) is 22.3 Å². The van der Waals surface area contributed by atoms with E-state index in [1.54, 1.807) is 6.07 Å². The summed E-state index contributed by atoms with van der Waals surface area (Å²) in [4.78, 5) is 36.7. The smallest absolute Gasteiger partial charge is 0.270 e. The second-order valence-electron chi connectivity index (χ2n) is 6.37. The van der Waals surface area contributed by atoms with Gasteiger partial charge in [0.1, 0.15) is 5.75 Å². The van der Waals surface area contributed by atoms with Crippen LogP contribution in [0.25, 0.3) is 22.0 Å². The van der Waals surface area contributed by atoms with E-state index in [0.717, 1.165) is 0 Å². The highest BCUT2D eigenvalue weighted by Crippen LogP contribution is 2.41. The van der Waals surface area contributed by atoms with Gasteiger partial charge in [-0.05, 0) is 37.2 Å². The summed E-state index contributed by atoms with van der Waals surface area (Å²) in [6, 6.07) is 8.34. The van der Waals surface area contributed by atoms with Gasteiger partial charge in [0.2, 0.25) is 0 Å². The van der Waals surface area contributed by atoms with E-state index in [1.807, 2.05) is 0 Å². The minimum absolute atomic E-state index is 0.0503. The van der Waals surface area contributed by atoms with Crippen LogP contribution in [0.2, 0.25) is 0 Å². The third-order valence-corrected chi connectivity index (χ3v) is 4.78. The minimum atomic E-state index is -0.578. The molecule has 136 valence electrons. The van der Waals surface area contributed by atoms with Gasteiger partial charge in [-0.3, -0.25) is 19.7 Å². The van der Waals surface area contributed by atoms with E-state index in [-0.39, 0.29) is 29.2 Å². The molecule has 8 heteroatoms. The topological polar surface area (TPSA) is 128 Å². The molecule has 1 aliphatic carbocycles. The van der Waals surface area contributed by atoms with Gasteiger partial charge in [0.15, 0.2) is 5.78 Å². The highest BCUT2D eigenvalue weighted by atomic mass is 16.6. The number of pyridine rings is 1. The standard InChI is InChI=1S/C19H15N3O5/c20-6-1-7-21-17-13-5-3-11(23)9-14(13)18(24)16(17)12-4-2-10(22(26)27)8-15(12)19(21)25/h2-5,8-9,23H,1,6-7,20H2. The Morgan fingerprint density at radius 3 is 2.56 bits per heavy atom. The van der Waals surface area contributed by atoms with Gasteiger partial charge in [0, 0.05) is 35.2 Å². The van der Waals surface area contributed by atoms with Crippen LogP contribution in [0.4, 0.5) is 5.69 Å². The molecule has 0 amide bonds. The lowest BCUT2D eigenvalue weighted by Gasteiger charge is -2.14. The summed E-state index contributed by atoms with van der Waals surface area (Å²) in [6.45, 7) is 0.633. The molecule has 0 bridgehead atoms. The molecule has 2 aromatic carbocycles. The number of carbonyl (C=O) groups is 1. The number of non-ortho nitro benzene ring substituents is 1. The van der Waals surface area contributed by atoms with Crippen LogP contribution in [0.5, 0.6) is 5.75 Å². The molecule has 3 aromatic rings. The van der Waals surface area contributed by atoms with Crippen LogP contribution in [0, 0.1) is 10.1 Å². The van der Waals surface area contributed by atoms with Crippen molar-refractivity contribution in [2.45, 2.75) is 13.0 Å². The average Bonchev–Trinajstić information content (AvgIpc) is 2.93. The van der Waals surface area contributed by atoms with E-state index >= 15 is 0 Å². The normalized spacial score (nSPS) is 12.3. The predicted molar refractivity (Wildman–Crippen MR) is 99.1 cm³/mol. The fraction of sp³-hybridized carbons (Fsp3) is 0.158. The molecule has 4 rings (SSSR count). The maximum atomic E-state index is 13.1. The first-order valence-electron chi connectivity index (χ1n) is 8.37. The van der Waals surface area contributed by atoms with Crippen molar-refractivity contribution in [2.75, 3.05) is 6.54 Å². The van der Waals surface area contributed by atoms with Crippen LogP contribution in [0.15, 0.2) is 41.2 Å². The number of nitro benzene ring substituents is 1. The first kappa shape index (κ1) is 16.9. The number of aromatic hydroxyl groups is 1. The molecule has 0 spiro atoms. The lowest BCUT2D eigenvalue weighted by Crippen LogP contribution is -2.24. The van der Waals surface area contributed by atoms with Crippen molar-refractivity contribution in [1.29, 1.82) is 0 Å². The number of nitrogens with zero attached hydrogens (tertiary/aromatic N) is 2. The number of hydrogen-bond donors (Lipinski definition) is 2. The van der Waals surface area contributed by atoms with Gasteiger partial charge in [-0.15, -0.1) is 0 Å². The van der Waals surface area contributed by atoms with Gasteiger partial charge in [-0.1, -0.05) is 0 Å². The Labute approximate surface area is 152 Å². The van der Waals surface area contributed by atoms with Crippen molar-refractivity contribution in [3.05, 3.63) is 68.0 Å². The number of phenols is 1. The Morgan fingerprint density at radius 1 is 1.07 bits per heavy atom. The molecule has 1 heterocycles. The molecular weight excluding hydrogens is 350 g/mol. The van der Waals surface area contributed by atoms with E-state index in [1.165, 1.54) is 34.9 Å². The van der Waals surface area contributed by atoms with Crippen molar-refractivity contribution in [2.24, 2.45) is 5.73 Å². The zero-order chi connectivity index (χ0) is 19.3. The molecule has 1 aromatic heterocycles. The number of fused-ring (bicyclic) bond motifs is 5. The molecular formula is C19H15N3O5. The van der Waals surface area contributed by atoms with Crippen LogP contribution in [-0.4, -0.2) is 26.9 Å². The number of nitro groups is 1. The number of hydrogen-bond acceptors (Lipinski definition) is 6. The molecule has 1 aliphatic rings. The average molecular weight is 365 g/mol. The van der Waals surface area contributed by atoms with Gasteiger partial charge in [-0.2, -0.15) is 0 Å². The summed E-state index contributed by atoms with van der Waals surface area (Å²) < 4.78 is 1.45. The molecule has 3 N–H and O–H groups in total. The molecule has 0 atom stereocenters. The Balaban J connectivity index is 2.13. The maximum Gasteiger partial charge on any atom is 0.270 e. The Kier molecular flexibility index (Phi) is 3.78. The van der Waals surface area contributed by atoms with Gasteiger partial charge in [0.05, 0.1) is 21.6 Å². The quantitative estimate of drug-likeness (QED) is 0.421. The van der Waals surface area contributed by atoms with Gasteiger partial charge >= 0.3 is 0 Å². The summed E-state index contributed by atoms with van der Waals surface area (Å²) in [5.41, 5.74) is 6.60. The molecule has 0 saturated carbocycles. The number of carbonyl (C=O) groups excluding carboxylic acids is 1. The monoisotopic (exact) mass is 365 g/mol. The van der Waals surface area contributed by atoms with Crippen LogP contribution in [-0.2, 0) is 6.54 Å². The van der Waals surface area contributed by atoms with Gasteiger partial charge in [-0.25, -0.2) is 0 Å². The van der Waals surface area contributed by atoms with E-state index < -0.39 is 10.5 Å². The molecule has 27 heavy (non-hydrogen) atoms. The number of nitrogens with two attached hydrogens (primary N) is 1. The maximum absolute atomic E-state index is 13.1. The first-order valence-corrected chi connectivity index (χ1v) is 8.37. The largest absolute Gasteiger partial charge is 0.508 e. The first-order chi connectivity index (χ1) is 12.9. The molecule has 0 radical (unpaired) electrons. The van der Waals surface area contributed by atoms with Crippen LogP contribution >= 0.6 is 0 Å². The summed E-state index contributed by atoms with van der Waals surface area (Å²) in [6.07, 6.45) is 0.508. The number of ketones is 1. The van der Waals surface area contributed by atoms with Crippen LogP contribution in [0.3, 0.4) is 0 Å². The van der Waals surface area contributed by atoms with Crippen molar-refractivity contribution in [3.63, 3.8) is 0 Å². The molecule has 0 unspecified atom stereocenters. The van der Waals surface area contributed by atoms with Gasteiger partial charge < -0.3 is 15.4 Å². The van der Waals surface area contributed by atoms with E-state index in [2.05, 4.69) is 0 Å². The van der Waals surface area contributed by atoms with Crippen molar-refractivity contribution in [1.82, 2.24) is 4.57 Å². The molecule has 0 fully saturated rings. The van der Waals surface area contributed by atoms with E-state index in [0.29, 0.717) is 40.7 Å². The van der Waals surface area contributed by atoms with Crippen molar-refractivity contribution >= 4 is 22.2 Å². The predicted octanol–water partition coefficient (Wildman–Crippen LogP) is 2.18. The summed E-state index contributed by atoms with van der Waals surface area (Å²) in [5, 5.41) is 21.4. The van der Waals surface area contributed by atoms with Gasteiger partial charge in [0.25, 0.3) is 11.2 Å². The minimum Gasteiger partial charge on any atom is -0.508 e. The Hall–Kier alpha value is -3.52. The van der Waals surface area contributed by atoms with Crippen LogP contribution < -0.4 is 11.3 Å². The summed E-state index contributed by atoms with van der Waals surface area (Å²) in [5.74, 6) is -0.373. The highest BCUT2D eigenvalue weighted by molar-refractivity contribution is 6.26. The third kappa shape index (κ3) is 2.42. The number of rotatable bonds is 4. The molecule has 8 nitrogen and oxygen atoms in total. The highest BCUT2D eigenvalue weighted by Gasteiger charge is 2.33. The lowest BCUT2D eigenvalue weighted by molar-refractivity contribution is -0.384. The zero-order valence-corrected chi connectivity index (χ0v) is 14.1.